The molecule has 6 nitrogen and oxygen atoms in total. The molecule has 0 fully saturated rings. The van der Waals surface area contributed by atoms with Crippen LogP contribution >= 0.6 is 11.8 Å². The molecule has 0 saturated heterocycles. The van der Waals surface area contributed by atoms with Crippen molar-refractivity contribution in [2.45, 2.75) is 30.3 Å². The first-order valence-corrected chi connectivity index (χ1v) is 8.37. The van der Waals surface area contributed by atoms with E-state index < -0.39 is 23.2 Å². The first-order valence-electron chi connectivity index (χ1n) is 7.49. The monoisotopic (exact) mass is 382 g/mol. The Morgan fingerprint density at radius 1 is 1.27 bits per heavy atom. The Morgan fingerprint density at radius 3 is 2.65 bits per heavy atom. The molecule has 1 aromatic carbocycles. The van der Waals surface area contributed by atoms with Crippen LogP contribution in [-0.4, -0.2) is 26.3 Å². The summed E-state index contributed by atoms with van der Waals surface area (Å²) in [7, 11) is 0. The normalized spacial score (nSPS) is 13.0. The Hall–Kier alpha value is -2.62. The zero-order chi connectivity index (χ0) is 18.9. The second kappa shape index (κ2) is 6.94. The van der Waals surface area contributed by atoms with Gasteiger partial charge in [0.05, 0.1) is 10.8 Å². The molecule has 0 unspecified atom stereocenters. The van der Waals surface area contributed by atoms with Crippen molar-refractivity contribution in [2.75, 3.05) is 5.32 Å². The second-order valence-corrected chi connectivity index (χ2v) is 6.77. The van der Waals surface area contributed by atoms with Crippen LogP contribution in [0.2, 0.25) is 0 Å². The van der Waals surface area contributed by atoms with Gasteiger partial charge >= 0.3 is 6.18 Å². The number of rotatable bonds is 4. The molecule has 0 saturated carbocycles. The third-order valence-electron chi connectivity index (χ3n) is 3.36. The SMILES string of the molecule is Cc1cc(NC(=O)[C@H](C)Sc2nc(C(F)(F)F)nc3ccccc23)no1. The van der Waals surface area contributed by atoms with Gasteiger partial charge in [-0.05, 0) is 19.9 Å². The Bertz CT molecular complexity index is 958. The highest BCUT2D eigenvalue weighted by Gasteiger charge is 2.36. The van der Waals surface area contributed by atoms with Gasteiger partial charge in [-0.1, -0.05) is 35.1 Å². The Kier molecular flexibility index (Phi) is 4.86. The summed E-state index contributed by atoms with van der Waals surface area (Å²) in [5.41, 5.74) is 0.164. The molecule has 0 spiro atoms. The van der Waals surface area contributed by atoms with Crippen molar-refractivity contribution in [3.8, 4) is 0 Å². The maximum absolute atomic E-state index is 13.0. The molecular weight excluding hydrogens is 369 g/mol. The second-order valence-electron chi connectivity index (χ2n) is 5.44. The standard InChI is InChI=1S/C16H13F3N4O2S/c1-8-7-12(23-25-8)21-13(24)9(2)26-14-10-5-3-4-6-11(10)20-15(22-14)16(17,18)19/h3-7,9H,1-2H3,(H,21,23,24)/t9-/m0/s1. The molecule has 1 N–H and O–H groups in total. The minimum Gasteiger partial charge on any atom is -0.360 e. The van der Waals surface area contributed by atoms with Crippen LogP contribution in [0, 0.1) is 6.92 Å². The van der Waals surface area contributed by atoms with E-state index in [2.05, 4.69) is 20.4 Å². The van der Waals surface area contributed by atoms with Gasteiger partial charge in [-0.15, -0.1) is 0 Å². The highest BCUT2D eigenvalue weighted by atomic mass is 32.2. The maximum Gasteiger partial charge on any atom is 0.451 e. The van der Waals surface area contributed by atoms with E-state index in [-0.39, 0.29) is 16.4 Å². The van der Waals surface area contributed by atoms with Crippen molar-refractivity contribution in [3.63, 3.8) is 0 Å². The summed E-state index contributed by atoms with van der Waals surface area (Å²) in [4.78, 5) is 19.4. The lowest BCUT2D eigenvalue weighted by Gasteiger charge is -2.13. The van der Waals surface area contributed by atoms with Gasteiger partial charge in [0.25, 0.3) is 0 Å². The van der Waals surface area contributed by atoms with Crippen LogP contribution in [0.4, 0.5) is 19.0 Å². The Labute approximate surface area is 150 Å². The van der Waals surface area contributed by atoms with Crippen LogP contribution in [-0.2, 0) is 11.0 Å². The summed E-state index contributed by atoms with van der Waals surface area (Å²) in [6, 6.07) is 7.89. The average molecular weight is 382 g/mol. The fourth-order valence-corrected chi connectivity index (χ4v) is 3.08. The molecule has 136 valence electrons. The van der Waals surface area contributed by atoms with Crippen molar-refractivity contribution < 1.29 is 22.5 Å². The average Bonchev–Trinajstić information content (AvgIpc) is 2.98. The number of carbonyl (C=O) groups is 1. The van der Waals surface area contributed by atoms with Crippen molar-refractivity contribution in [1.82, 2.24) is 15.1 Å². The number of thioether (sulfide) groups is 1. The number of aryl methyl sites for hydroxylation is 1. The molecule has 0 aliphatic heterocycles. The van der Waals surface area contributed by atoms with E-state index in [1.165, 1.54) is 12.1 Å². The summed E-state index contributed by atoms with van der Waals surface area (Å²) < 4.78 is 44.0. The van der Waals surface area contributed by atoms with Crippen LogP contribution < -0.4 is 5.32 Å². The number of carbonyl (C=O) groups excluding carboxylic acids is 1. The smallest absolute Gasteiger partial charge is 0.360 e. The molecule has 3 aromatic rings. The number of halogens is 3. The fraction of sp³-hybridized carbons (Fsp3) is 0.250. The number of nitrogens with zero attached hydrogens (tertiary/aromatic N) is 3. The molecule has 0 radical (unpaired) electrons. The molecule has 0 aliphatic rings. The molecular formula is C16H13F3N4O2S. The number of aromatic nitrogens is 3. The summed E-state index contributed by atoms with van der Waals surface area (Å²) in [5.74, 6) is -0.904. The first kappa shape index (κ1) is 18.2. The summed E-state index contributed by atoms with van der Waals surface area (Å²) in [5, 5.41) is 6.01. The number of para-hydroxylation sites is 1. The quantitative estimate of drug-likeness (QED) is 0.541. The Balaban J connectivity index is 1.88. The predicted molar refractivity (Wildman–Crippen MR) is 89.7 cm³/mol. The van der Waals surface area contributed by atoms with Gasteiger partial charge in [0, 0.05) is 11.5 Å². The van der Waals surface area contributed by atoms with Crippen LogP contribution in [0.5, 0.6) is 0 Å². The van der Waals surface area contributed by atoms with E-state index in [0.29, 0.717) is 11.1 Å². The van der Waals surface area contributed by atoms with Crippen molar-refractivity contribution in [2.24, 2.45) is 0 Å². The number of anilines is 1. The molecule has 1 amide bonds. The van der Waals surface area contributed by atoms with Crippen LogP contribution in [0.25, 0.3) is 10.9 Å². The third kappa shape index (κ3) is 3.96. The molecule has 0 bridgehead atoms. The zero-order valence-corrected chi connectivity index (χ0v) is 14.5. The molecule has 0 aliphatic carbocycles. The number of amides is 1. The lowest BCUT2D eigenvalue weighted by atomic mass is 10.2. The largest absolute Gasteiger partial charge is 0.451 e. The first-order chi connectivity index (χ1) is 12.2. The number of hydrogen-bond acceptors (Lipinski definition) is 6. The predicted octanol–water partition coefficient (Wildman–Crippen LogP) is 4.06. The van der Waals surface area contributed by atoms with E-state index in [9.17, 15) is 18.0 Å². The highest BCUT2D eigenvalue weighted by Crippen LogP contribution is 2.33. The van der Waals surface area contributed by atoms with E-state index in [1.54, 1.807) is 32.0 Å². The minimum absolute atomic E-state index is 0.0851. The minimum atomic E-state index is -4.68. The summed E-state index contributed by atoms with van der Waals surface area (Å²) in [6.45, 7) is 3.24. The van der Waals surface area contributed by atoms with Gasteiger partial charge < -0.3 is 9.84 Å². The molecule has 3 rings (SSSR count). The van der Waals surface area contributed by atoms with Crippen LogP contribution in [0.1, 0.15) is 18.5 Å². The van der Waals surface area contributed by atoms with Crippen LogP contribution in [0.3, 0.4) is 0 Å². The van der Waals surface area contributed by atoms with E-state index in [1.807, 2.05) is 0 Å². The number of fused-ring (bicyclic) bond motifs is 1. The third-order valence-corrected chi connectivity index (χ3v) is 4.46. The van der Waals surface area contributed by atoms with Gasteiger partial charge in [0.15, 0.2) is 5.82 Å². The molecule has 1 atom stereocenters. The van der Waals surface area contributed by atoms with Gasteiger partial charge in [0.2, 0.25) is 11.7 Å². The van der Waals surface area contributed by atoms with Gasteiger partial charge in [-0.2, -0.15) is 13.2 Å². The highest BCUT2D eigenvalue weighted by molar-refractivity contribution is 8.00. The lowest BCUT2D eigenvalue weighted by Crippen LogP contribution is -2.23. The van der Waals surface area contributed by atoms with Gasteiger partial charge in [-0.3, -0.25) is 4.79 Å². The topological polar surface area (TPSA) is 80.9 Å². The summed E-state index contributed by atoms with van der Waals surface area (Å²) >= 11 is 0.916. The Morgan fingerprint density at radius 2 is 2.00 bits per heavy atom. The molecule has 10 heteroatoms. The number of nitrogens with one attached hydrogen (secondary N) is 1. The fourth-order valence-electron chi connectivity index (χ4n) is 2.14. The molecule has 2 aromatic heterocycles. The number of alkyl halides is 3. The number of benzene rings is 1. The number of hydrogen-bond donors (Lipinski definition) is 1. The van der Waals surface area contributed by atoms with Crippen molar-refractivity contribution >= 4 is 34.4 Å². The maximum atomic E-state index is 13.0. The summed E-state index contributed by atoms with van der Waals surface area (Å²) in [6.07, 6.45) is -4.68. The molecule has 26 heavy (non-hydrogen) atoms. The van der Waals surface area contributed by atoms with E-state index >= 15 is 0 Å². The molecule has 2 heterocycles. The zero-order valence-electron chi connectivity index (χ0n) is 13.7. The van der Waals surface area contributed by atoms with Crippen molar-refractivity contribution in [1.29, 1.82) is 0 Å². The van der Waals surface area contributed by atoms with E-state index in [0.717, 1.165) is 11.8 Å². The van der Waals surface area contributed by atoms with Gasteiger partial charge in [-0.25, -0.2) is 9.97 Å². The van der Waals surface area contributed by atoms with Crippen molar-refractivity contribution in [3.05, 3.63) is 41.9 Å². The van der Waals surface area contributed by atoms with Gasteiger partial charge in [0.1, 0.15) is 10.8 Å². The van der Waals surface area contributed by atoms with E-state index in [4.69, 9.17) is 4.52 Å². The van der Waals surface area contributed by atoms with Crippen LogP contribution in [0.15, 0.2) is 39.9 Å². The lowest BCUT2D eigenvalue weighted by molar-refractivity contribution is -0.145.